The van der Waals surface area contributed by atoms with Gasteiger partial charge in [0.1, 0.15) is 22.3 Å². The molecule has 0 spiro atoms. The lowest BCUT2D eigenvalue weighted by Gasteiger charge is -2.20. The van der Waals surface area contributed by atoms with Gasteiger partial charge in [-0.1, -0.05) is 71.2 Å². The number of carbonyl (C=O) groups is 2. The van der Waals surface area contributed by atoms with Crippen LogP contribution in [0.3, 0.4) is 0 Å². The van der Waals surface area contributed by atoms with Crippen LogP contribution in [0, 0.1) is 0 Å². The maximum absolute atomic E-state index is 13.4. The fourth-order valence-corrected chi connectivity index (χ4v) is 3.23. The zero-order chi connectivity index (χ0) is 22.0. The van der Waals surface area contributed by atoms with Crippen molar-refractivity contribution in [1.29, 1.82) is 0 Å². The molecule has 2 aromatic carbocycles. The minimum atomic E-state index is -0.569. The first-order valence-electron chi connectivity index (χ1n) is 8.87. The highest BCUT2D eigenvalue weighted by molar-refractivity contribution is 6.65. The smallest absolute Gasteiger partial charge is 0.266 e. The summed E-state index contributed by atoms with van der Waals surface area (Å²) in [6.45, 7) is 0. The van der Waals surface area contributed by atoms with Crippen LogP contribution in [0.2, 0.25) is 0 Å². The van der Waals surface area contributed by atoms with Crippen molar-refractivity contribution in [3.63, 3.8) is 0 Å². The summed E-state index contributed by atoms with van der Waals surface area (Å²) in [6, 6.07) is 16.8. The maximum atomic E-state index is 13.4. The molecule has 31 heavy (non-hydrogen) atoms. The van der Waals surface area contributed by atoms with Gasteiger partial charge in [0.25, 0.3) is 11.8 Å². The molecule has 0 atom stereocenters. The summed E-state index contributed by atoms with van der Waals surface area (Å²) in [6.07, 6.45) is 2.53. The lowest BCUT2D eigenvalue weighted by Crippen LogP contribution is -2.38. The molecule has 10 heteroatoms. The minimum Gasteiger partial charge on any atom is -0.271 e. The highest BCUT2D eigenvalue weighted by atomic mass is 35.5. The minimum absolute atomic E-state index is 0.00150. The van der Waals surface area contributed by atoms with Crippen LogP contribution in [0.25, 0.3) is 16.3 Å². The Balaban J connectivity index is 1.92. The molecule has 0 saturated heterocycles. The van der Waals surface area contributed by atoms with Crippen LogP contribution in [0.1, 0.15) is 20.7 Å². The first-order chi connectivity index (χ1) is 15.0. The largest absolute Gasteiger partial charge is 0.271 e. The summed E-state index contributed by atoms with van der Waals surface area (Å²) in [5, 5.41) is -0.0363. The third-order valence-electron chi connectivity index (χ3n) is 4.34. The molecular formula is C21H12Cl3N5O2. The van der Waals surface area contributed by atoms with Gasteiger partial charge < -0.3 is 0 Å². The van der Waals surface area contributed by atoms with Crippen LogP contribution in [-0.2, 0) is 0 Å². The topological polar surface area (TPSA) is 81.0 Å². The van der Waals surface area contributed by atoms with E-state index in [4.69, 9.17) is 34.8 Å². The number of aromatic nitrogens is 4. The second-order valence-corrected chi connectivity index (χ2v) is 7.52. The molecule has 0 aliphatic heterocycles. The summed E-state index contributed by atoms with van der Waals surface area (Å²) >= 11 is 17.7. The van der Waals surface area contributed by atoms with Crippen LogP contribution in [0.5, 0.6) is 0 Å². The summed E-state index contributed by atoms with van der Waals surface area (Å²) in [4.78, 5) is 40.3. The molecule has 2 aromatic heterocycles. The number of rotatable bonds is 4. The van der Waals surface area contributed by atoms with Crippen molar-refractivity contribution in [3.8, 4) is 0 Å². The van der Waals surface area contributed by atoms with Crippen LogP contribution in [0.4, 0.5) is 5.82 Å². The average Bonchev–Trinajstić information content (AvgIpc) is 3.24. The van der Waals surface area contributed by atoms with Crippen molar-refractivity contribution in [3.05, 3.63) is 88.9 Å². The van der Waals surface area contributed by atoms with Crippen molar-refractivity contribution >= 4 is 68.8 Å². The number of imide groups is 1. The predicted molar refractivity (Wildman–Crippen MR) is 120 cm³/mol. The van der Waals surface area contributed by atoms with Gasteiger partial charge in [0, 0.05) is 11.1 Å². The van der Waals surface area contributed by atoms with E-state index in [2.05, 4.69) is 15.0 Å². The molecule has 0 bridgehead atoms. The van der Waals surface area contributed by atoms with Crippen molar-refractivity contribution in [2.45, 2.75) is 0 Å². The molecule has 154 valence electrons. The first-order valence-corrected chi connectivity index (χ1v) is 10.0. The predicted octanol–water partition coefficient (Wildman–Crippen LogP) is 5.11. The molecule has 0 N–H and O–H groups in total. The van der Waals surface area contributed by atoms with Crippen molar-refractivity contribution in [1.82, 2.24) is 19.5 Å². The van der Waals surface area contributed by atoms with E-state index in [1.165, 1.54) is 17.2 Å². The van der Waals surface area contributed by atoms with Gasteiger partial charge in [-0.25, -0.2) is 19.9 Å². The Kier molecular flexibility index (Phi) is 5.99. The third kappa shape index (κ3) is 4.03. The van der Waals surface area contributed by atoms with E-state index >= 15 is 0 Å². The zero-order valence-corrected chi connectivity index (χ0v) is 17.9. The number of imidazole rings is 1. The molecule has 4 rings (SSSR count). The molecule has 2 amide bonds. The monoisotopic (exact) mass is 471 g/mol. The molecule has 7 nitrogen and oxygen atoms in total. The van der Waals surface area contributed by atoms with Crippen LogP contribution in [-0.4, -0.2) is 31.3 Å². The van der Waals surface area contributed by atoms with E-state index in [-0.39, 0.29) is 26.6 Å². The third-order valence-corrected chi connectivity index (χ3v) is 5.26. The highest BCUT2D eigenvalue weighted by Gasteiger charge is 2.30. The zero-order valence-electron chi connectivity index (χ0n) is 15.6. The molecule has 0 unspecified atom stereocenters. The number of fused-ring (bicyclic) bond motifs is 1. The number of hydrogen-bond acceptors (Lipinski definition) is 5. The van der Waals surface area contributed by atoms with E-state index in [1.54, 1.807) is 60.7 Å². The number of halogens is 3. The molecule has 0 radical (unpaired) electrons. The van der Waals surface area contributed by atoms with Gasteiger partial charge >= 0.3 is 0 Å². The highest BCUT2D eigenvalue weighted by Crippen LogP contribution is 2.30. The number of benzene rings is 2. The van der Waals surface area contributed by atoms with E-state index in [0.717, 1.165) is 4.90 Å². The normalized spacial score (nSPS) is 10.7. The van der Waals surface area contributed by atoms with Gasteiger partial charge in [-0.2, -0.15) is 0 Å². The lowest BCUT2D eigenvalue weighted by molar-refractivity contribution is 0.0897. The van der Waals surface area contributed by atoms with E-state index in [1.807, 2.05) is 0 Å². The maximum Gasteiger partial charge on any atom is 0.266 e. The summed E-state index contributed by atoms with van der Waals surface area (Å²) in [7, 11) is 0. The van der Waals surface area contributed by atoms with Gasteiger partial charge in [-0.3, -0.25) is 14.2 Å². The number of anilines is 1. The van der Waals surface area contributed by atoms with E-state index < -0.39 is 11.8 Å². The molecule has 0 saturated carbocycles. The Morgan fingerprint density at radius 1 is 0.774 bits per heavy atom. The van der Waals surface area contributed by atoms with Gasteiger partial charge in [-0.15, -0.1) is 0 Å². The van der Waals surface area contributed by atoms with Gasteiger partial charge in [0.15, 0.2) is 17.0 Å². The number of hydrogen-bond donors (Lipinski definition) is 0. The Morgan fingerprint density at radius 2 is 1.32 bits per heavy atom. The Hall–Kier alpha value is -3.26. The van der Waals surface area contributed by atoms with Gasteiger partial charge in [0.2, 0.25) is 0 Å². The SMILES string of the molecule is O=C(c1ccccc1)N(C(=O)c1ccccc1)c1ncnc2c1ncn2C(Cl)=C(Cl)Cl. The first kappa shape index (κ1) is 21.0. The summed E-state index contributed by atoms with van der Waals surface area (Å²) in [5.41, 5.74) is 1.00. The average molecular weight is 473 g/mol. The fraction of sp³-hybridized carbons (Fsp3) is 0. The standard InChI is InChI=1S/C21H12Cl3N5O2/c22-16(23)17(24)28-12-27-15-18(28)25-11-26-19(15)29(20(30)13-7-3-1-4-8-13)21(31)14-9-5-2-6-10-14/h1-12H. The van der Waals surface area contributed by atoms with E-state index in [0.29, 0.717) is 11.1 Å². The molecule has 2 heterocycles. The quantitative estimate of drug-likeness (QED) is 0.385. The van der Waals surface area contributed by atoms with E-state index in [9.17, 15) is 9.59 Å². The number of nitrogens with zero attached hydrogens (tertiary/aromatic N) is 5. The molecule has 4 aromatic rings. The van der Waals surface area contributed by atoms with Gasteiger partial charge in [-0.05, 0) is 24.3 Å². The number of amides is 2. The number of carbonyl (C=O) groups excluding carboxylic acids is 2. The summed E-state index contributed by atoms with van der Waals surface area (Å²) in [5.74, 6) is -1.14. The second-order valence-electron chi connectivity index (χ2n) is 6.21. The second kappa shape index (κ2) is 8.85. The molecule has 0 fully saturated rings. The Bertz CT molecular complexity index is 1250. The Morgan fingerprint density at radius 3 is 1.84 bits per heavy atom. The Labute approximate surface area is 191 Å². The van der Waals surface area contributed by atoms with Crippen LogP contribution < -0.4 is 4.90 Å². The van der Waals surface area contributed by atoms with Crippen molar-refractivity contribution < 1.29 is 9.59 Å². The van der Waals surface area contributed by atoms with Crippen molar-refractivity contribution in [2.24, 2.45) is 0 Å². The fourth-order valence-electron chi connectivity index (χ4n) is 2.93. The van der Waals surface area contributed by atoms with Gasteiger partial charge in [0.05, 0.1) is 0 Å². The molecule has 0 aliphatic rings. The lowest BCUT2D eigenvalue weighted by atomic mass is 10.1. The van der Waals surface area contributed by atoms with Crippen LogP contribution in [0.15, 0.2) is 77.8 Å². The molecular weight excluding hydrogens is 461 g/mol. The van der Waals surface area contributed by atoms with Crippen molar-refractivity contribution in [2.75, 3.05) is 4.90 Å². The molecule has 0 aliphatic carbocycles. The van der Waals surface area contributed by atoms with Crippen LogP contribution >= 0.6 is 34.8 Å². The summed E-state index contributed by atoms with van der Waals surface area (Å²) < 4.78 is 1.13.